The fourth-order valence-corrected chi connectivity index (χ4v) is 1.15. The van der Waals surface area contributed by atoms with E-state index in [1.807, 2.05) is 19.1 Å². The summed E-state index contributed by atoms with van der Waals surface area (Å²) in [5.74, 6) is 0.478. The minimum atomic E-state index is -2.29. The molecule has 0 heterocycles. The molecule has 0 aromatic heterocycles. The normalized spacial score (nSPS) is 10.9. The van der Waals surface area contributed by atoms with E-state index < -0.39 is 34.0 Å². The SMILES string of the molecule is Cc1ccc(OP(O)O)cc1.NC(CO)(CO)CO. The maximum Gasteiger partial charge on any atom is 0.391 e. The Morgan fingerprint density at radius 3 is 1.74 bits per heavy atom. The second-order valence-electron chi connectivity index (χ2n) is 3.99. The van der Waals surface area contributed by atoms with Crippen LogP contribution in [0, 0.1) is 6.92 Å². The molecule has 110 valence electrons. The summed E-state index contributed by atoms with van der Waals surface area (Å²) >= 11 is 0. The van der Waals surface area contributed by atoms with Gasteiger partial charge in [0.2, 0.25) is 0 Å². The van der Waals surface area contributed by atoms with Gasteiger partial charge in [-0.3, -0.25) is 0 Å². The second kappa shape index (κ2) is 9.17. The van der Waals surface area contributed by atoms with Gasteiger partial charge in [0.05, 0.1) is 25.4 Å². The van der Waals surface area contributed by atoms with Crippen molar-refractivity contribution in [3.05, 3.63) is 29.8 Å². The van der Waals surface area contributed by atoms with Gasteiger partial charge in [-0.2, -0.15) is 0 Å². The average molecular weight is 293 g/mol. The third-order valence-corrected chi connectivity index (χ3v) is 2.53. The number of rotatable bonds is 5. The summed E-state index contributed by atoms with van der Waals surface area (Å²) in [5.41, 5.74) is 5.05. The Balaban J connectivity index is 0.000000362. The summed E-state index contributed by atoms with van der Waals surface area (Å²) in [4.78, 5) is 16.9. The zero-order valence-corrected chi connectivity index (χ0v) is 11.5. The summed E-state index contributed by atoms with van der Waals surface area (Å²) < 4.78 is 4.65. The van der Waals surface area contributed by atoms with Gasteiger partial charge in [0.1, 0.15) is 5.75 Å². The maximum atomic E-state index is 8.47. The first-order chi connectivity index (χ1) is 8.86. The van der Waals surface area contributed by atoms with Crippen LogP contribution < -0.4 is 10.3 Å². The Morgan fingerprint density at radius 2 is 1.47 bits per heavy atom. The minimum absolute atomic E-state index is 0.403. The largest absolute Gasteiger partial charge is 0.427 e. The number of benzene rings is 1. The number of nitrogens with two attached hydrogens (primary N) is 1. The van der Waals surface area contributed by atoms with Gasteiger partial charge in [-0.1, -0.05) is 17.7 Å². The predicted octanol–water partition coefficient (Wildman–Crippen LogP) is -0.754. The summed E-state index contributed by atoms with van der Waals surface area (Å²) in [7, 11) is -2.29. The Bertz CT molecular complexity index is 333. The van der Waals surface area contributed by atoms with Gasteiger partial charge in [-0.25, -0.2) is 0 Å². The molecule has 0 aliphatic carbocycles. The fraction of sp³-hybridized carbons (Fsp3) is 0.455. The van der Waals surface area contributed by atoms with Gasteiger partial charge < -0.3 is 35.4 Å². The molecule has 1 aromatic carbocycles. The lowest BCUT2D eigenvalue weighted by atomic mass is 10.1. The van der Waals surface area contributed by atoms with Crippen LogP contribution in [0.4, 0.5) is 0 Å². The van der Waals surface area contributed by atoms with Crippen molar-refractivity contribution in [1.82, 2.24) is 0 Å². The standard InChI is InChI=1S/C7H9O3P.C4H11NO3/c1-6-2-4-7(5-3-6)10-11(8)9;5-4(1-6,2-7)3-8/h2-5,8-9H,1H3;6-8H,1-3,5H2. The van der Waals surface area contributed by atoms with Crippen LogP contribution in [0.1, 0.15) is 5.56 Å². The van der Waals surface area contributed by atoms with E-state index in [0.717, 1.165) is 5.56 Å². The highest BCUT2D eigenvalue weighted by Gasteiger charge is 2.20. The van der Waals surface area contributed by atoms with Crippen molar-refractivity contribution in [2.75, 3.05) is 19.8 Å². The fourth-order valence-electron chi connectivity index (χ4n) is 0.843. The first kappa shape index (κ1) is 18.2. The van der Waals surface area contributed by atoms with Crippen LogP contribution in [0.3, 0.4) is 0 Å². The van der Waals surface area contributed by atoms with Crippen molar-refractivity contribution < 1.29 is 29.6 Å². The highest BCUT2D eigenvalue weighted by atomic mass is 31.2. The zero-order valence-electron chi connectivity index (χ0n) is 10.6. The number of aryl methyl sites for hydroxylation is 1. The summed E-state index contributed by atoms with van der Waals surface area (Å²) in [5, 5.41) is 25.0. The van der Waals surface area contributed by atoms with E-state index >= 15 is 0 Å². The van der Waals surface area contributed by atoms with Crippen molar-refractivity contribution in [1.29, 1.82) is 0 Å². The molecule has 8 heteroatoms. The van der Waals surface area contributed by atoms with E-state index in [0.29, 0.717) is 5.75 Å². The number of hydrogen-bond acceptors (Lipinski definition) is 7. The Kier molecular flexibility index (Phi) is 8.79. The van der Waals surface area contributed by atoms with E-state index in [2.05, 4.69) is 4.52 Å². The van der Waals surface area contributed by atoms with Crippen molar-refractivity contribution in [2.45, 2.75) is 12.5 Å². The molecule has 7 N–H and O–H groups in total. The molecule has 0 spiro atoms. The average Bonchev–Trinajstić information content (AvgIpc) is 2.41. The molecule has 1 aromatic rings. The molecule has 7 nitrogen and oxygen atoms in total. The molecule has 0 aliphatic heterocycles. The predicted molar refractivity (Wildman–Crippen MR) is 71.3 cm³/mol. The topological polar surface area (TPSA) is 136 Å². The molecule has 0 amide bonds. The molecule has 0 fully saturated rings. The van der Waals surface area contributed by atoms with Gasteiger partial charge in [-0.15, -0.1) is 0 Å². The molecule has 1 rings (SSSR count). The monoisotopic (exact) mass is 293 g/mol. The summed E-state index contributed by atoms with van der Waals surface area (Å²) in [6.45, 7) is 0.741. The third-order valence-electron chi connectivity index (χ3n) is 2.15. The lowest BCUT2D eigenvalue weighted by Crippen LogP contribution is -2.50. The van der Waals surface area contributed by atoms with Crippen LogP contribution in [0.5, 0.6) is 5.75 Å². The second-order valence-corrected chi connectivity index (χ2v) is 4.68. The van der Waals surface area contributed by atoms with E-state index in [-0.39, 0.29) is 0 Å². The highest BCUT2D eigenvalue weighted by molar-refractivity contribution is 7.39. The van der Waals surface area contributed by atoms with Crippen molar-refractivity contribution in [2.24, 2.45) is 5.73 Å². The molecule has 0 atom stereocenters. The molecule has 0 aliphatic rings. The van der Waals surface area contributed by atoms with Crippen LogP contribution in [-0.4, -0.2) is 50.5 Å². The van der Waals surface area contributed by atoms with Crippen LogP contribution >= 0.6 is 8.60 Å². The lowest BCUT2D eigenvalue weighted by molar-refractivity contribution is 0.0697. The molecular weight excluding hydrogens is 273 g/mol. The zero-order chi connectivity index (χ0) is 14.9. The van der Waals surface area contributed by atoms with Crippen LogP contribution in [0.15, 0.2) is 24.3 Å². The van der Waals surface area contributed by atoms with E-state index in [4.69, 9.17) is 30.8 Å². The van der Waals surface area contributed by atoms with Gasteiger partial charge in [0, 0.05) is 0 Å². The molecule has 0 saturated heterocycles. The highest BCUT2D eigenvalue weighted by Crippen LogP contribution is 2.28. The number of hydrogen-bond donors (Lipinski definition) is 6. The molecule has 19 heavy (non-hydrogen) atoms. The molecule has 0 unspecified atom stereocenters. The molecule has 0 bridgehead atoms. The minimum Gasteiger partial charge on any atom is -0.427 e. The van der Waals surface area contributed by atoms with Crippen molar-refractivity contribution in [3.8, 4) is 5.75 Å². The molecular formula is C11H20NO6P. The van der Waals surface area contributed by atoms with Crippen LogP contribution in [0.25, 0.3) is 0 Å². The summed E-state index contributed by atoms with van der Waals surface area (Å²) in [6.07, 6.45) is 0. The van der Waals surface area contributed by atoms with Crippen LogP contribution in [0.2, 0.25) is 0 Å². The third kappa shape index (κ3) is 8.07. The maximum absolute atomic E-state index is 8.47. The van der Waals surface area contributed by atoms with Crippen LogP contribution in [-0.2, 0) is 0 Å². The first-order valence-electron chi connectivity index (χ1n) is 5.41. The van der Waals surface area contributed by atoms with Crippen molar-refractivity contribution in [3.63, 3.8) is 0 Å². The van der Waals surface area contributed by atoms with E-state index in [9.17, 15) is 0 Å². The Hall–Kier alpha value is -0.790. The first-order valence-corrected chi connectivity index (χ1v) is 6.57. The van der Waals surface area contributed by atoms with E-state index in [1.54, 1.807) is 12.1 Å². The lowest BCUT2D eigenvalue weighted by Gasteiger charge is -2.20. The number of aliphatic hydroxyl groups excluding tert-OH is 3. The Labute approximate surface area is 112 Å². The Morgan fingerprint density at radius 1 is 1.05 bits per heavy atom. The number of aliphatic hydroxyl groups is 3. The quantitative estimate of drug-likeness (QED) is 0.393. The van der Waals surface area contributed by atoms with Gasteiger partial charge in [0.15, 0.2) is 0 Å². The summed E-state index contributed by atoms with van der Waals surface area (Å²) in [6, 6.07) is 7.07. The van der Waals surface area contributed by atoms with Crippen molar-refractivity contribution >= 4 is 8.60 Å². The van der Waals surface area contributed by atoms with Gasteiger partial charge in [-0.05, 0) is 19.1 Å². The van der Waals surface area contributed by atoms with E-state index in [1.165, 1.54) is 0 Å². The van der Waals surface area contributed by atoms with Gasteiger partial charge in [0.25, 0.3) is 0 Å². The van der Waals surface area contributed by atoms with Gasteiger partial charge >= 0.3 is 8.60 Å². The smallest absolute Gasteiger partial charge is 0.391 e. The molecule has 0 saturated carbocycles. The molecule has 0 radical (unpaired) electrons.